The molecule has 136 valence electrons. The number of hydrogen-bond acceptors (Lipinski definition) is 4. The molecule has 1 amide bonds. The van der Waals surface area contributed by atoms with Crippen molar-refractivity contribution in [1.82, 2.24) is 10.3 Å². The number of aryl methyl sites for hydroxylation is 3. The van der Waals surface area contributed by atoms with E-state index in [1.165, 1.54) is 17.3 Å². The molecule has 1 heterocycles. The maximum atomic E-state index is 12.2. The number of nitrogens with one attached hydrogen (secondary N) is 1. The Morgan fingerprint density at radius 3 is 2.56 bits per heavy atom. The Balaban J connectivity index is 1.69. The van der Waals surface area contributed by atoms with E-state index in [-0.39, 0.29) is 11.7 Å². The summed E-state index contributed by atoms with van der Waals surface area (Å²) >= 11 is 1.30. The Bertz CT molecular complexity index is 1040. The minimum Gasteiger partial charge on any atom is -0.351 e. The highest BCUT2D eigenvalue weighted by molar-refractivity contribution is 8.00. The number of pyridine rings is 1. The summed E-state index contributed by atoms with van der Waals surface area (Å²) in [5.41, 5.74) is 5.84. The van der Waals surface area contributed by atoms with Crippen LogP contribution in [0, 0.1) is 32.1 Å². The van der Waals surface area contributed by atoms with E-state index in [2.05, 4.69) is 22.4 Å². The van der Waals surface area contributed by atoms with Crippen LogP contribution in [-0.2, 0) is 11.3 Å². The predicted octanol–water partition coefficient (Wildman–Crippen LogP) is 4.44. The SMILES string of the molecule is Cc1ccc(CNC(=O)CSc2nc3c(C)cc(C)cc3cc2C#N)cc1. The van der Waals surface area contributed by atoms with Gasteiger partial charge in [0.15, 0.2) is 0 Å². The van der Waals surface area contributed by atoms with Crippen LogP contribution in [-0.4, -0.2) is 16.6 Å². The van der Waals surface area contributed by atoms with Crippen LogP contribution in [0.4, 0.5) is 0 Å². The molecule has 0 bridgehead atoms. The van der Waals surface area contributed by atoms with Crippen molar-refractivity contribution in [2.75, 3.05) is 5.75 Å². The number of carbonyl (C=O) groups is 1. The van der Waals surface area contributed by atoms with Crippen molar-refractivity contribution in [2.45, 2.75) is 32.3 Å². The van der Waals surface area contributed by atoms with Gasteiger partial charge in [0.1, 0.15) is 11.1 Å². The lowest BCUT2D eigenvalue weighted by Gasteiger charge is -2.09. The fraction of sp³-hybridized carbons (Fsp3) is 0.227. The predicted molar refractivity (Wildman–Crippen MR) is 110 cm³/mol. The van der Waals surface area contributed by atoms with Gasteiger partial charge in [0.2, 0.25) is 5.91 Å². The van der Waals surface area contributed by atoms with Crippen LogP contribution in [0.2, 0.25) is 0 Å². The van der Waals surface area contributed by atoms with Gasteiger partial charge >= 0.3 is 0 Å². The zero-order chi connectivity index (χ0) is 19.4. The zero-order valence-corrected chi connectivity index (χ0v) is 16.5. The lowest BCUT2D eigenvalue weighted by atomic mass is 10.1. The van der Waals surface area contributed by atoms with Gasteiger partial charge < -0.3 is 5.32 Å². The zero-order valence-electron chi connectivity index (χ0n) is 15.7. The Labute approximate surface area is 163 Å². The summed E-state index contributed by atoms with van der Waals surface area (Å²) in [5, 5.41) is 13.9. The highest BCUT2D eigenvalue weighted by Crippen LogP contribution is 2.27. The first-order valence-electron chi connectivity index (χ1n) is 8.73. The van der Waals surface area contributed by atoms with Gasteiger partial charge in [-0.2, -0.15) is 5.26 Å². The summed E-state index contributed by atoms with van der Waals surface area (Å²) in [5.74, 6) is 0.149. The van der Waals surface area contributed by atoms with Gasteiger partial charge in [0, 0.05) is 11.9 Å². The molecule has 0 atom stereocenters. The number of nitrogens with zero attached hydrogens (tertiary/aromatic N) is 2. The highest BCUT2D eigenvalue weighted by Gasteiger charge is 2.12. The minimum atomic E-state index is -0.0769. The first-order chi connectivity index (χ1) is 13.0. The van der Waals surface area contributed by atoms with E-state index in [9.17, 15) is 10.1 Å². The van der Waals surface area contributed by atoms with Crippen LogP contribution in [0.5, 0.6) is 0 Å². The van der Waals surface area contributed by atoms with Gasteiger partial charge in [0.25, 0.3) is 0 Å². The summed E-state index contributed by atoms with van der Waals surface area (Å²) < 4.78 is 0. The number of thioether (sulfide) groups is 1. The van der Waals surface area contributed by atoms with Crippen molar-refractivity contribution >= 4 is 28.6 Å². The van der Waals surface area contributed by atoms with E-state index in [0.29, 0.717) is 17.1 Å². The first-order valence-corrected chi connectivity index (χ1v) is 9.72. The number of amides is 1. The monoisotopic (exact) mass is 375 g/mol. The number of hydrogen-bond donors (Lipinski definition) is 1. The van der Waals surface area contributed by atoms with Crippen molar-refractivity contribution in [3.8, 4) is 6.07 Å². The third kappa shape index (κ3) is 4.66. The van der Waals surface area contributed by atoms with Crippen molar-refractivity contribution in [2.24, 2.45) is 0 Å². The van der Waals surface area contributed by atoms with Gasteiger partial charge in [-0.1, -0.05) is 53.2 Å². The number of rotatable bonds is 5. The largest absolute Gasteiger partial charge is 0.351 e. The molecule has 3 rings (SSSR count). The van der Waals surface area contributed by atoms with Crippen LogP contribution in [0.25, 0.3) is 10.9 Å². The first kappa shape index (κ1) is 18.9. The Morgan fingerprint density at radius 1 is 1.11 bits per heavy atom. The third-order valence-corrected chi connectivity index (χ3v) is 5.28. The molecule has 1 aromatic heterocycles. The average Bonchev–Trinajstić information content (AvgIpc) is 2.65. The molecular formula is C22H21N3OS. The van der Waals surface area contributed by atoms with E-state index in [1.54, 1.807) is 0 Å². The molecule has 0 radical (unpaired) electrons. The molecule has 4 nitrogen and oxygen atoms in total. The molecule has 2 aromatic carbocycles. The topological polar surface area (TPSA) is 65.8 Å². The Hall–Kier alpha value is -2.84. The molecule has 3 aromatic rings. The molecule has 5 heteroatoms. The maximum Gasteiger partial charge on any atom is 0.230 e. The van der Waals surface area contributed by atoms with Gasteiger partial charge in [0.05, 0.1) is 16.8 Å². The smallest absolute Gasteiger partial charge is 0.230 e. The summed E-state index contributed by atoms with van der Waals surface area (Å²) in [6.07, 6.45) is 0. The summed E-state index contributed by atoms with van der Waals surface area (Å²) in [4.78, 5) is 16.8. The standard InChI is InChI=1S/C22H21N3OS/c1-14-4-6-17(7-5-14)12-24-20(26)13-27-22-19(11-23)10-18-9-15(2)8-16(3)21(18)25-22/h4-10H,12-13H2,1-3H3,(H,24,26). The highest BCUT2D eigenvalue weighted by atomic mass is 32.2. The van der Waals surface area contributed by atoms with Gasteiger partial charge in [-0.05, 0) is 44.0 Å². The second kappa shape index (κ2) is 8.24. The number of fused-ring (bicyclic) bond motifs is 1. The van der Waals surface area contributed by atoms with Crippen molar-refractivity contribution in [1.29, 1.82) is 5.26 Å². The van der Waals surface area contributed by atoms with E-state index in [1.807, 2.05) is 57.2 Å². The Morgan fingerprint density at radius 2 is 1.85 bits per heavy atom. The average molecular weight is 375 g/mol. The molecule has 0 spiro atoms. The van der Waals surface area contributed by atoms with E-state index in [0.717, 1.165) is 27.6 Å². The fourth-order valence-corrected chi connectivity index (χ4v) is 3.70. The molecular weight excluding hydrogens is 354 g/mol. The van der Waals surface area contributed by atoms with Crippen molar-refractivity contribution in [3.63, 3.8) is 0 Å². The second-order valence-corrected chi connectivity index (χ2v) is 7.62. The summed E-state index contributed by atoms with van der Waals surface area (Å²) in [6.45, 7) is 6.57. The van der Waals surface area contributed by atoms with Crippen LogP contribution in [0.1, 0.15) is 27.8 Å². The molecule has 0 aliphatic heterocycles. The van der Waals surface area contributed by atoms with E-state index >= 15 is 0 Å². The van der Waals surface area contributed by atoms with Crippen molar-refractivity contribution in [3.05, 3.63) is 70.3 Å². The van der Waals surface area contributed by atoms with Gasteiger partial charge in [-0.3, -0.25) is 4.79 Å². The lowest BCUT2D eigenvalue weighted by molar-refractivity contribution is -0.118. The number of nitriles is 1. The maximum absolute atomic E-state index is 12.2. The molecule has 0 saturated carbocycles. The quantitative estimate of drug-likeness (QED) is 0.670. The lowest BCUT2D eigenvalue weighted by Crippen LogP contribution is -2.24. The van der Waals surface area contributed by atoms with Gasteiger partial charge in [-0.25, -0.2) is 4.98 Å². The minimum absolute atomic E-state index is 0.0769. The molecule has 0 aliphatic carbocycles. The normalized spacial score (nSPS) is 10.6. The van der Waals surface area contributed by atoms with Crippen LogP contribution < -0.4 is 5.32 Å². The van der Waals surface area contributed by atoms with Crippen molar-refractivity contribution < 1.29 is 4.79 Å². The number of benzene rings is 2. The van der Waals surface area contributed by atoms with Gasteiger partial charge in [-0.15, -0.1) is 0 Å². The molecule has 0 saturated heterocycles. The molecule has 27 heavy (non-hydrogen) atoms. The molecule has 0 fully saturated rings. The van der Waals surface area contributed by atoms with E-state index in [4.69, 9.17) is 0 Å². The third-order valence-electron chi connectivity index (χ3n) is 4.29. The molecule has 1 N–H and O–H groups in total. The fourth-order valence-electron chi connectivity index (χ4n) is 2.92. The number of carbonyl (C=O) groups excluding carboxylic acids is 1. The number of aromatic nitrogens is 1. The Kier molecular flexibility index (Phi) is 5.78. The summed E-state index contributed by atoms with van der Waals surface area (Å²) in [6, 6.07) is 16.2. The second-order valence-electron chi connectivity index (χ2n) is 6.66. The van der Waals surface area contributed by atoms with Crippen LogP contribution in [0.15, 0.2) is 47.5 Å². The van der Waals surface area contributed by atoms with E-state index < -0.39 is 0 Å². The molecule has 0 unspecified atom stereocenters. The van der Waals surface area contributed by atoms with Crippen LogP contribution in [0.3, 0.4) is 0 Å². The van der Waals surface area contributed by atoms with Crippen LogP contribution >= 0.6 is 11.8 Å². The molecule has 0 aliphatic rings. The summed E-state index contributed by atoms with van der Waals surface area (Å²) in [7, 11) is 0.